The fourth-order valence-corrected chi connectivity index (χ4v) is 1.93. The van der Waals surface area contributed by atoms with Crippen molar-refractivity contribution in [1.82, 2.24) is 4.90 Å². The van der Waals surface area contributed by atoms with E-state index in [0.29, 0.717) is 19.0 Å². The number of piperidine rings is 1. The van der Waals surface area contributed by atoms with Crippen molar-refractivity contribution < 1.29 is 9.47 Å². The Kier molecular flexibility index (Phi) is 8.26. The Bertz CT molecular complexity index is 268. The van der Waals surface area contributed by atoms with Crippen LogP contribution in [0.1, 0.15) is 19.3 Å². The fraction of sp³-hybridized carbons (Fsp3) is 0.600. The lowest BCUT2D eigenvalue weighted by Gasteiger charge is -2.26. The quantitative estimate of drug-likeness (QED) is 0.357. The summed E-state index contributed by atoms with van der Waals surface area (Å²) in [5.74, 6) is 0.648. The monoisotopic (exact) mass is 251 g/mol. The molecule has 0 N–H and O–H groups in total. The van der Waals surface area contributed by atoms with Gasteiger partial charge < -0.3 is 14.4 Å². The van der Waals surface area contributed by atoms with Crippen molar-refractivity contribution in [2.75, 3.05) is 39.5 Å². The summed E-state index contributed by atoms with van der Waals surface area (Å²) in [4.78, 5) is 2.47. The van der Waals surface area contributed by atoms with Crippen LogP contribution in [0.3, 0.4) is 0 Å². The van der Waals surface area contributed by atoms with E-state index in [4.69, 9.17) is 9.47 Å². The second-order valence-electron chi connectivity index (χ2n) is 4.42. The first-order valence-electron chi connectivity index (χ1n) is 6.74. The molecule has 0 unspecified atom stereocenters. The molecule has 0 amide bonds. The summed E-state index contributed by atoms with van der Waals surface area (Å²) in [5.41, 5.74) is 0. The Balaban J connectivity index is 1.90. The van der Waals surface area contributed by atoms with E-state index in [1.165, 1.54) is 32.4 Å². The number of likely N-dealkylation sites (tertiary alicyclic amines) is 1. The lowest BCUT2D eigenvalue weighted by atomic mass is 10.1. The molecule has 18 heavy (non-hydrogen) atoms. The minimum absolute atomic E-state index is 0.556. The second kappa shape index (κ2) is 9.92. The van der Waals surface area contributed by atoms with Crippen LogP contribution in [0.2, 0.25) is 0 Å². The van der Waals surface area contributed by atoms with Crippen LogP contribution in [-0.2, 0) is 9.47 Å². The van der Waals surface area contributed by atoms with Crippen LogP contribution >= 0.6 is 0 Å². The molecule has 1 heterocycles. The Morgan fingerprint density at radius 2 is 1.89 bits per heavy atom. The van der Waals surface area contributed by atoms with Crippen LogP contribution in [0.25, 0.3) is 0 Å². The van der Waals surface area contributed by atoms with Crippen LogP contribution in [0.4, 0.5) is 0 Å². The number of nitrogens with zero attached hydrogens (tertiary/aromatic N) is 1. The van der Waals surface area contributed by atoms with Crippen LogP contribution in [0.15, 0.2) is 37.1 Å². The van der Waals surface area contributed by atoms with E-state index in [0.717, 1.165) is 13.2 Å². The molecule has 1 saturated heterocycles. The highest BCUT2D eigenvalue weighted by Crippen LogP contribution is 2.07. The highest BCUT2D eigenvalue weighted by Gasteiger charge is 2.08. The van der Waals surface area contributed by atoms with Crippen molar-refractivity contribution in [3.63, 3.8) is 0 Å². The number of hydrogen-bond acceptors (Lipinski definition) is 3. The summed E-state index contributed by atoms with van der Waals surface area (Å²) >= 11 is 0. The van der Waals surface area contributed by atoms with Crippen LogP contribution < -0.4 is 0 Å². The van der Waals surface area contributed by atoms with Crippen molar-refractivity contribution in [1.29, 1.82) is 0 Å². The third-order valence-corrected chi connectivity index (χ3v) is 2.93. The highest BCUT2D eigenvalue weighted by molar-refractivity contribution is 5.12. The number of hydrogen-bond donors (Lipinski definition) is 0. The first-order valence-corrected chi connectivity index (χ1v) is 6.74. The smallest absolute Gasteiger partial charge is 0.112 e. The largest absolute Gasteiger partial charge is 0.492 e. The molecule has 0 saturated carbocycles. The molecule has 0 aromatic heterocycles. The number of rotatable bonds is 9. The highest BCUT2D eigenvalue weighted by atomic mass is 16.5. The SMILES string of the molecule is C=C/C=C\C(=C)OCCOCCN1CCCCC1. The summed E-state index contributed by atoms with van der Waals surface area (Å²) in [6.07, 6.45) is 9.34. The number of allylic oxidation sites excluding steroid dienone is 3. The molecule has 0 aromatic carbocycles. The molecule has 0 spiro atoms. The lowest BCUT2D eigenvalue weighted by Crippen LogP contribution is -2.32. The maximum Gasteiger partial charge on any atom is 0.112 e. The summed E-state index contributed by atoms with van der Waals surface area (Å²) in [6.45, 7) is 12.8. The number of ether oxygens (including phenoxy) is 2. The maximum absolute atomic E-state index is 5.54. The molecule has 1 fully saturated rings. The Morgan fingerprint density at radius 3 is 2.61 bits per heavy atom. The topological polar surface area (TPSA) is 21.7 Å². The van der Waals surface area contributed by atoms with Gasteiger partial charge in [0.15, 0.2) is 0 Å². The van der Waals surface area contributed by atoms with E-state index in [1.807, 2.05) is 0 Å². The molecule has 1 aliphatic heterocycles. The molecule has 0 radical (unpaired) electrons. The van der Waals surface area contributed by atoms with E-state index >= 15 is 0 Å². The van der Waals surface area contributed by atoms with Gasteiger partial charge in [0.2, 0.25) is 0 Å². The van der Waals surface area contributed by atoms with Gasteiger partial charge in [-0.2, -0.15) is 0 Å². The first-order chi connectivity index (χ1) is 8.83. The minimum atomic E-state index is 0.556. The van der Waals surface area contributed by atoms with Gasteiger partial charge in [0.05, 0.1) is 13.2 Å². The average molecular weight is 251 g/mol. The third kappa shape index (κ3) is 7.30. The predicted octanol–water partition coefficient (Wildman–Crippen LogP) is 2.76. The zero-order valence-corrected chi connectivity index (χ0v) is 11.3. The molecular formula is C15H25NO2. The molecule has 3 heteroatoms. The van der Waals surface area contributed by atoms with Crippen LogP contribution in [0, 0.1) is 0 Å². The molecule has 1 aliphatic rings. The van der Waals surface area contributed by atoms with Crippen molar-refractivity contribution in [2.45, 2.75) is 19.3 Å². The fourth-order valence-electron chi connectivity index (χ4n) is 1.93. The Morgan fingerprint density at radius 1 is 1.11 bits per heavy atom. The lowest BCUT2D eigenvalue weighted by molar-refractivity contribution is 0.0605. The molecule has 0 aromatic rings. The zero-order chi connectivity index (χ0) is 13.1. The van der Waals surface area contributed by atoms with E-state index in [2.05, 4.69) is 18.1 Å². The van der Waals surface area contributed by atoms with Gasteiger partial charge in [0.1, 0.15) is 12.4 Å². The van der Waals surface area contributed by atoms with Crippen LogP contribution in [-0.4, -0.2) is 44.4 Å². The minimum Gasteiger partial charge on any atom is -0.492 e. The maximum atomic E-state index is 5.54. The van der Waals surface area contributed by atoms with Crippen molar-refractivity contribution in [2.24, 2.45) is 0 Å². The van der Waals surface area contributed by atoms with E-state index in [1.54, 1.807) is 18.2 Å². The molecule has 3 nitrogen and oxygen atoms in total. The Hall–Kier alpha value is -1.06. The Labute approximate surface area is 111 Å². The van der Waals surface area contributed by atoms with Gasteiger partial charge in [-0.05, 0) is 32.0 Å². The molecule has 0 atom stereocenters. The second-order valence-corrected chi connectivity index (χ2v) is 4.42. The van der Waals surface area contributed by atoms with E-state index in [9.17, 15) is 0 Å². The van der Waals surface area contributed by atoms with Crippen molar-refractivity contribution in [3.8, 4) is 0 Å². The van der Waals surface area contributed by atoms with Gasteiger partial charge in [-0.3, -0.25) is 0 Å². The van der Waals surface area contributed by atoms with Gasteiger partial charge in [-0.25, -0.2) is 0 Å². The first kappa shape index (κ1) is 15.0. The van der Waals surface area contributed by atoms with Gasteiger partial charge in [0, 0.05) is 6.54 Å². The third-order valence-electron chi connectivity index (χ3n) is 2.93. The van der Waals surface area contributed by atoms with Crippen molar-refractivity contribution in [3.05, 3.63) is 37.1 Å². The molecule has 1 rings (SSSR count). The summed E-state index contributed by atoms with van der Waals surface area (Å²) < 4.78 is 10.9. The van der Waals surface area contributed by atoms with Gasteiger partial charge in [-0.15, -0.1) is 0 Å². The summed E-state index contributed by atoms with van der Waals surface area (Å²) in [6, 6.07) is 0. The average Bonchev–Trinajstić information content (AvgIpc) is 2.41. The zero-order valence-electron chi connectivity index (χ0n) is 11.3. The van der Waals surface area contributed by atoms with Crippen molar-refractivity contribution >= 4 is 0 Å². The standard InChI is InChI=1S/C15H25NO2/c1-3-4-8-15(2)18-14-13-17-12-11-16-9-6-5-7-10-16/h3-4,8H,1-2,5-7,9-14H2/b8-4-. The van der Waals surface area contributed by atoms with E-state index in [-0.39, 0.29) is 0 Å². The summed E-state index contributed by atoms with van der Waals surface area (Å²) in [5, 5.41) is 0. The van der Waals surface area contributed by atoms with Crippen LogP contribution in [0.5, 0.6) is 0 Å². The van der Waals surface area contributed by atoms with E-state index < -0.39 is 0 Å². The molecule has 0 bridgehead atoms. The summed E-state index contributed by atoms with van der Waals surface area (Å²) in [7, 11) is 0. The molecule has 102 valence electrons. The predicted molar refractivity (Wildman–Crippen MR) is 75.5 cm³/mol. The molecular weight excluding hydrogens is 226 g/mol. The van der Waals surface area contributed by atoms with Gasteiger partial charge in [0.25, 0.3) is 0 Å². The normalized spacial score (nSPS) is 16.9. The van der Waals surface area contributed by atoms with Gasteiger partial charge in [-0.1, -0.05) is 31.7 Å². The molecule has 0 aliphatic carbocycles. The van der Waals surface area contributed by atoms with Gasteiger partial charge >= 0.3 is 0 Å².